The average Bonchev–Trinajstić information content (AvgIpc) is 3.06. The van der Waals surface area contributed by atoms with Crippen LogP contribution in [0.3, 0.4) is 0 Å². The molecule has 0 saturated heterocycles. The van der Waals surface area contributed by atoms with Gasteiger partial charge in [-0.1, -0.05) is 26.0 Å². The minimum Gasteiger partial charge on any atom is -0.508 e. The number of hydrogen-bond acceptors (Lipinski definition) is 6. The van der Waals surface area contributed by atoms with Crippen LogP contribution in [0.25, 0.3) is 0 Å². The predicted molar refractivity (Wildman–Crippen MR) is 128 cm³/mol. The summed E-state index contributed by atoms with van der Waals surface area (Å²) in [5, 5.41) is 11.1. The highest BCUT2D eigenvalue weighted by Crippen LogP contribution is 2.67. The normalized spacial score (nSPS) is 29.9. The van der Waals surface area contributed by atoms with Gasteiger partial charge in [0.25, 0.3) is 0 Å². The van der Waals surface area contributed by atoms with Crippen LogP contribution in [0.4, 0.5) is 0 Å². The van der Waals surface area contributed by atoms with Crippen molar-refractivity contribution in [2.75, 3.05) is 7.11 Å². The first-order valence-electron chi connectivity index (χ1n) is 11.6. The van der Waals surface area contributed by atoms with Gasteiger partial charge in [-0.15, -0.1) is 0 Å². The summed E-state index contributed by atoms with van der Waals surface area (Å²) in [4.78, 5) is 53.9. The van der Waals surface area contributed by atoms with Crippen LogP contribution in [-0.4, -0.2) is 37.7 Å². The number of nitrogens with zero attached hydrogens (tertiary/aromatic N) is 3. The van der Waals surface area contributed by atoms with Gasteiger partial charge in [0.05, 0.1) is 25.1 Å². The summed E-state index contributed by atoms with van der Waals surface area (Å²) in [6.45, 7) is 7.01. The Labute approximate surface area is 201 Å². The molecule has 9 nitrogen and oxygen atoms in total. The molecule has 1 aliphatic heterocycles. The minimum atomic E-state index is -1.26. The fourth-order valence-electron chi connectivity index (χ4n) is 6.62. The van der Waals surface area contributed by atoms with Crippen LogP contribution in [0, 0.1) is 10.8 Å². The number of carbonyl (C=O) groups is 2. The summed E-state index contributed by atoms with van der Waals surface area (Å²) < 4.78 is 9.44. The highest BCUT2D eigenvalue weighted by molar-refractivity contribution is 6.17. The van der Waals surface area contributed by atoms with Crippen LogP contribution in [0.2, 0.25) is 0 Å². The summed E-state index contributed by atoms with van der Waals surface area (Å²) in [6, 6.07) is 4.23. The van der Waals surface area contributed by atoms with Crippen molar-refractivity contribution in [3.8, 4) is 11.5 Å². The largest absolute Gasteiger partial charge is 0.508 e. The molecule has 0 amide bonds. The number of methoxy groups -OCH3 is 1. The topological polar surface area (TPSA) is 113 Å². The standard InChI is InChI=1S/C26H29N3O6/c1-13-14(2)22(32)26(4)20(19-17(30)8-7-9-18(19)35-6)15-10-11-28-23(33)27(5)24(34)29(28)16(15)12-25(26,3)21(13)31/h7-10,16,20,30H,11-12H2,1-6H3/t16-,20-,25+,26-/m1/s1. The van der Waals surface area contributed by atoms with E-state index in [0.29, 0.717) is 28.0 Å². The first-order valence-corrected chi connectivity index (χ1v) is 11.6. The first-order chi connectivity index (χ1) is 16.4. The van der Waals surface area contributed by atoms with E-state index in [2.05, 4.69) is 0 Å². The van der Waals surface area contributed by atoms with Gasteiger partial charge in [-0.05, 0) is 49.1 Å². The number of Topliss-reactive ketones (excluding diaryl/α,β-unsaturated/α-hetero) is 2. The smallest absolute Gasteiger partial charge is 0.347 e. The fraction of sp³-hybridized carbons (Fsp3) is 0.462. The molecular formula is C26H29N3O6. The number of fused-ring (bicyclic) bond motifs is 4. The van der Waals surface area contributed by atoms with Gasteiger partial charge in [0, 0.05) is 23.9 Å². The molecule has 5 rings (SSSR count). The number of phenols is 1. The summed E-state index contributed by atoms with van der Waals surface area (Å²) >= 11 is 0. The molecule has 0 bridgehead atoms. The molecular weight excluding hydrogens is 450 g/mol. The number of rotatable bonds is 2. The SMILES string of the molecule is COc1cccc(O)c1[C@H]1C2=CCn3c(=O)n(C)c(=O)n3[C@@H]2C[C@@]2(C)C(=O)C(C)=C(C)C(=O)[C@@]12C. The lowest BCUT2D eigenvalue weighted by Gasteiger charge is -2.58. The first kappa shape index (κ1) is 23.1. The fourth-order valence-corrected chi connectivity index (χ4v) is 6.62. The summed E-state index contributed by atoms with van der Waals surface area (Å²) in [7, 11) is 2.91. The zero-order valence-corrected chi connectivity index (χ0v) is 20.7. The van der Waals surface area contributed by atoms with Gasteiger partial charge in [0.15, 0.2) is 11.6 Å². The minimum absolute atomic E-state index is 0.0629. The van der Waals surface area contributed by atoms with Crippen molar-refractivity contribution in [1.82, 2.24) is 13.9 Å². The molecule has 1 aromatic heterocycles. The zero-order valence-electron chi connectivity index (χ0n) is 20.7. The lowest BCUT2D eigenvalue weighted by Crippen LogP contribution is -2.61. The van der Waals surface area contributed by atoms with E-state index in [9.17, 15) is 24.3 Å². The third kappa shape index (κ3) is 2.58. The van der Waals surface area contributed by atoms with Crippen molar-refractivity contribution in [1.29, 1.82) is 0 Å². The Balaban J connectivity index is 1.90. The van der Waals surface area contributed by atoms with Gasteiger partial charge in [-0.3, -0.25) is 9.59 Å². The van der Waals surface area contributed by atoms with Crippen molar-refractivity contribution in [2.24, 2.45) is 17.9 Å². The van der Waals surface area contributed by atoms with Gasteiger partial charge >= 0.3 is 11.4 Å². The second-order valence-corrected chi connectivity index (χ2v) is 10.2. The third-order valence-electron chi connectivity index (χ3n) is 8.86. The molecule has 2 aliphatic carbocycles. The van der Waals surface area contributed by atoms with E-state index in [0.717, 1.165) is 4.57 Å². The van der Waals surface area contributed by atoms with Crippen LogP contribution >= 0.6 is 0 Å². The maximum Gasteiger partial charge on any atom is 0.347 e. The molecule has 2 heterocycles. The second kappa shape index (κ2) is 7.19. The highest BCUT2D eigenvalue weighted by Gasteiger charge is 2.67. The van der Waals surface area contributed by atoms with Gasteiger partial charge in [-0.2, -0.15) is 0 Å². The Kier molecular flexibility index (Phi) is 4.75. The van der Waals surface area contributed by atoms with E-state index in [1.54, 1.807) is 39.8 Å². The van der Waals surface area contributed by atoms with E-state index in [4.69, 9.17) is 4.74 Å². The molecule has 9 heteroatoms. The van der Waals surface area contributed by atoms with E-state index in [1.807, 2.05) is 6.08 Å². The third-order valence-corrected chi connectivity index (χ3v) is 8.86. The van der Waals surface area contributed by atoms with Crippen LogP contribution in [0.1, 0.15) is 51.6 Å². The molecule has 2 aromatic rings. The number of benzene rings is 1. The Bertz CT molecular complexity index is 1500. The average molecular weight is 480 g/mol. The lowest BCUT2D eigenvalue weighted by atomic mass is 9.43. The number of phenolic OH excluding ortho intramolecular Hbond substituents is 1. The molecule has 0 spiro atoms. The molecule has 184 valence electrons. The summed E-state index contributed by atoms with van der Waals surface area (Å²) in [5.74, 6) is -0.785. The second-order valence-electron chi connectivity index (χ2n) is 10.2. The van der Waals surface area contributed by atoms with Crippen LogP contribution in [0.5, 0.6) is 11.5 Å². The van der Waals surface area contributed by atoms with Crippen molar-refractivity contribution in [3.05, 3.63) is 67.5 Å². The lowest BCUT2D eigenvalue weighted by molar-refractivity contribution is -0.151. The number of ketones is 2. The molecule has 1 N–H and O–H groups in total. The molecule has 4 atom stereocenters. The van der Waals surface area contributed by atoms with Crippen molar-refractivity contribution in [2.45, 2.75) is 52.6 Å². The molecule has 1 fully saturated rings. The Morgan fingerprint density at radius 3 is 2.34 bits per heavy atom. The summed E-state index contributed by atoms with van der Waals surface area (Å²) in [5.41, 5.74) is -1.49. The highest BCUT2D eigenvalue weighted by atomic mass is 16.5. The molecule has 35 heavy (non-hydrogen) atoms. The Morgan fingerprint density at radius 2 is 1.69 bits per heavy atom. The number of allylic oxidation sites excluding steroid dienone is 4. The van der Waals surface area contributed by atoms with E-state index in [-0.39, 0.29) is 30.3 Å². The maximum atomic E-state index is 14.1. The van der Waals surface area contributed by atoms with E-state index >= 15 is 0 Å². The van der Waals surface area contributed by atoms with Gasteiger partial charge in [0.2, 0.25) is 0 Å². The van der Waals surface area contributed by atoms with Gasteiger partial charge in [-0.25, -0.2) is 23.5 Å². The van der Waals surface area contributed by atoms with Crippen molar-refractivity contribution in [3.63, 3.8) is 0 Å². The number of hydrogen-bond donors (Lipinski definition) is 1. The molecule has 0 radical (unpaired) electrons. The van der Waals surface area contributed by atoms with Crippen molar-refractivity contribution >= 4 is 11.6 Å². The number of aromatic nitrogens is 3. The quantitative estimate of drug-likeness (QED) is 0.661. The van der Waals surface area contributed by atoms with E-state index < -0.39 is 34.2 Å². The molecule has 1 aromatic carbocycles. The van der Waals surface area contributed by atoms with Crippen molar-refractivity contribution < 1.29 is 19.4 Å². The Morgan fingerprint density at radius 1 is 1.03 bits per heavy atom. The monoisotopic (exact) mass is 479 g/mol. The van der Waals surface area contributed by atoms with Gasteiger partial charge < -0.3 is 9.84 Å². The molecule has 1 saturated carbocycles. The Hall–Kier alpha value is -3.62. The molecule has 3 aliphatic rings. The molecule has 0 unspecified atom stereocenters. The number of carbonyl (C=O) groups excluding carboxylic acids is 2. The summed E-state index contributed by atoms with van der Waals surface area (Å²) in [6.07, 6.45) is 2.02. The van der Waals surface area contributed by atoms with Crippen LogP contribution < -0.4 is 16.1 Å². The number of aromatic hydroxyl groups is 1. The van der Waals surface area contributed by atoms with Gasteiger partial charge in [0.1, 0.15) is 11.5 Å². The van der Waals surface area contributed by atoms with E-state index in [1.165, 1.54) is 29.6 Å². The predicted octanol–water partition coefficient (Wildman–Crippen LogP) is 2.23. The number of ether oxygens (including phenoxy) is 1. The maximum absolute atomic E-state index is 14.1. The van der Waals surface area contributed by atoms with Crippen LogP contribution in [0.15, 0.2) is 50.6 Å². The van der Waals surface area contributed by atoms with Crippen LogP contribution in [-0.2, 0) is 23.2 Å². The zero-order chi connectivity index (χ0) is 25.6.